The van der Waals surface area contributed by atoms with E-state index in [0.717, 1.165) is 25.8 Å². The quantitative estimate of drug-likeness (QED) is 0.0840. The van der Waals surface area contributed by atoms with Crippen molar-refractivity contribution < 1.29 is 13.6 Å². The van der Waals surface area contributed by atoms with E-state index in [-0.39, 0.29) is 0 Å². The Morgan fingerprint density at radius 3 is 1.55 bits per heavy atom. The third-order valence-corrected chi connectivity index (χ3v) is 8.67. The van der Waals surface area contributed by atoms with Crippen molar-refractivity contribution >= 4 is 7.68 Å². The third kappa shape index (κ3) is 11.5. The van der Waals surface area contributed by atoms with Crippen LogP contribution in [0.4, 0.5) is 0 Å². The molecule has 0 aromatic rings. The molecule has 29 heavy (non-hydrogen) atoms. The Hall–Kier alpha value is -0.400. The number of nitrogens with zero attached hydrogens (tertiary/aromatic N) is 1. The van der Waals surface area contributed by atoms with Gasteiger partial charge in [0.2, 0.25) is 5.28 Å². The molecule has 0 rings (SSSR count). The van der Waals surface area contributed by atoms with Crippen molar-refractivity contribution in [3.63, 3.8) is 0 Å². The molecule has 4 heteroatoms. The monoisotopic (exact) mass is 428 g/mol. The summed E-state index contributed by atoms with van der Waals surface area (Å²) in [5.74, 6) is 0. The molecule has 0 N–H and O–H groups in total. The van der Waals surface area contributed by atoms with Gasteiger partial charge in [-0.3, -0.25) is 0 Å². The fraction of sp³-hybridized carbons (Fsp3) is 0.920. The highest BCUT2D eigenvalue weighted by molar-refractivity contribution is 7.32. The molecule has 0 bridgehead atoms. The van der Waals surface area contributed by atoms with Crippen molar-refractivity contribution in [1.82, 2.24) is 0 Å². The normalized spacial score (nSPS) is 14.4. The summed E-state index contributed by atoms with van der Waals surface area (Å²) in [6.45, 7) is 7.24. The Bertz CT molecular complexity index is 477. The molecule has 0 radical (unpaired) electrons. The lowest BCUT2D eigenvalue weighted by Gasteiger charge is -2.43. The molecule has 0 aliphatic heterocycles. The van der Waals surface area contributed by atoms with E-state index in [4.69, 9.17) is 0 Å². The van der Waals surface area contributed by atoms with E-state index in [1.807, 2.05) is 6.92 Å². The van der Waals surface area contributed by atoms with Gasteiger partial charge in [-0.25, -0.2) is 9.13 Å². The summed E-state index contributed by atoms with van der Waals surface area (Å²) in [5, 5.41) is -0.592. The van der Waals surface area contributed by atoms with Gasteiger partial charge >= 0.3 is 7.68 Å². The molecule has 1 unspecified atom stereocenters. The predicted molar refractivity (Wildman–Crippen MR) is 128 cm³/mol. The first-order valence-corrected chi connectivity index (χ1v) is 13.7. The van der Waals surface area contributed by atoms with Crippen LogP contribution < -0.4 is 0 Å². The van der Waals surface area contributed by atoms with Gasteiger partial charge in [-0.2, -0.15) is 0 Å². The zero-order chi connectivity index (χ0) is 22.0. The van der Waals surface area contributed by atoms with Gasteiger partial charge in [-0.1, -0.05) is 83.8 Å². The van der Waals surface area contributed by atoms with Gasteiger partial charge in [0.05, 0.1) is 20.6 Å². The van der Waals surface area contributed by atoms with E-state index in [9.17, 15) is 9.13 Å². The summed E-state index contributed by atoms with van der Waals surface area (Å²) in [5.41, 5.74) is 0. The van der Waals surface area contributed by atoms with Crippen molar-refractivity contribution in [3.8, 4) is 0 Å². The minimum absolute atomic E-state index is 0.577. The predicted octanol–water partition coefficient (Wildman–Crippen LogP) is 8.79. The lowest BCUT2D eigenvalue weighted by atomic mass is 10.0. The van der Waals surface area contributed by atoms with Crippen LogP contribution in [0.3, 0.4) is 0 Å². The number of quaternary nitrogens is 1. The van der Waals surface area contributed by atoms with Crippen LogP contribution in [0.1, 0.15) is 124 Å². The first-order chi connectivity index (χ1) is 13.9. The molecule has 0 spiro atoms. The summed E-state index contributed by atoms with van der Waals surface area (Å²) in [6, 6.07) is 0. The van der Waals surface area contributed by atoms with E-state index in [0.29, 0.717) is 10.9 Å². The summed E-state index contributed by atoms with van der Waals surface area (Å²) < 4.78 is 24.7. The second kappa shape index (κ2) is 17.3. The lowest BCUT2D eigenvalue weighted by molar-refractivity contribution is -0.925. The lowest BCUT2D eigenvalue weighted by Crippen LogP contribution is -2.56. The molecular formula is C25H51NO2P+. The fourth-order valence-electron chi connectivity index (χ4n) is 4.30. The van der Waals surface area contributed by atoms with Crippen LogP contribution in [0.2, 0.25) is 0 Å². The molecule has 0 amide bonds. The highest BCUT2D eigenvalue weighted by Gasteiger charge is 2.48. The van der Waals surface area contributed by atoms with Crippen LogP contribution in [0, 0.1) is 0 Å². The maximum atomic E-state index is 12.1. The number of hydrogen-bond donors (Lipinski definition) is 0. The summed E-state index contributed by atoms with van der Waals surface area (Å²) in [6.07, 6.45) is 24.3. The van der Waals surface area contributed by atoms with Crippen LogP contribution in [0.5, 0.6) is 0 Å². The molecule has 0 aliphatic carbocycles. The molecule has 0 saturated heterocycles. The van der Waals surface area contributed by atoms with Crippen LogP contribution >= 0.6 is 7.68 Å². The van der Waals surface area contributed by atoms with Crippen LogP contribution in [0.15, 0.2) is 12.2 Å². The van der Waals surface area contributed by atoms with E-state index in [1.165, 1.54) is 77.0 Å². The smallest absolute Gasteiger partial charge is 0.312 e. The van der Waals surface area contributed by atoms with E-state index < -0.39 is 13.0 Å². The van der Waals surface area contributed by atoms with Crippen molar-refractivity contribution in [2.45, 2.75) is 129 Å². The minimum atomic E-state index is -2.42. The van der Waals surface area contributed by atoms with Crippen molar-refractivity contribution in [2.24, 2.45) is 0 Å². The second-order valence-electron chi connectivity index (χ2n) is 9.28. The van der Waals surface area contributed by atoms with Crippen LogP contribution in [-0.4, -0.2) is 30.4 Å². The molecule has 3 nitrogen and oxygen atoms in total. The van der Waals surface area contributed by atoms with Gasteiger partial charge < -0.3 is 4.48 Å². The van der Waals surface area contributed by atoms with Crippen molar-refractivity contribution in [2.75, 3.05) is 20.6 Å². The standard InChI is InChI=1S/C25H51NO2P/c1-6-9-10-11-12-13-14-15-16-17-18-19-20-21-22-23-24-25(7-2,29(27)28)26(4,5)8-3/h15-16H,6-14,17-24H2,1-5H3/q+1. The minimum Gasteiger partial charge on any atom is -0.312 e. The number of unbranched alkanes of at least 4 members (excludes halogenated alkanes) is 12. The van der Waals surface area contributed by atoms with Gasteiger partial charge in [0.1, 0.15) is 0 Å². The zero-order valence-electron chi connectivity index (χ0n) is 20.4. The molecular weight excluding hydrogens is 377 g/mol. The molecule has 0 heterocycles. The maximum absolute atomic E-state index is 12.1. The molecule has 1 atom stereocenters. The van der Waals surface area contributed by atoms with Crippen molar-refractivity contribution in [3.05, 3.63) is 12.2 Å². The number of hydrogen-bond acceptors (Lipinski definition) is 2. The van der Waals surface area contributed by atoms with Gasteiger partial charge in [-0.05, 0) is 39.0 Å². The Kier molecular flexibility index (Phi) is 17.1. The van der Waals surface area contributed by atoms with Crippen LogP contribution in [0.25, 0.3) is 0 Å². The van der Waals surface area contributed by atoms with E-state index >= 15 is 0 Å². The first-order valence-electron chi connectivity index (χ1n) is 12.5. The Balaban J connectivity index is 3.78. The molecule has 0 saturated carbocycles. The largest absolute Gasteiger partial charge is 0.378 e. The van der Waals surface area contributed by atoms with E-state index in [2.05, 4.69) is 40.1 Å². The average molecular weight is 429 g/mol. The maximum Gasteiger partial charge on any atom is 0.378 e. The highest BCUT2D eigenvalue weighted by Crippen LogP contribution is 2.43. The van der Waals surface area contributed by atoms with E-state index in [1.54, 1.807) is 0 Å². The van der Waals surface area contributed by atoms with Gasteiger partial charge in [0.25, 0.3) is 0 Å². The zero-order valence-corrected chi connectivity index (χ0v) is 21.3. The average Bonchev–Trinajstić information content (AvgIpc) is 2.70. The summed E-state index contributed by atoms with van der Waals surface area (Å²) in [7, 11) is 1.71. The molecule has 0 fully saturated rings. The molecule has 0 aromatic heterocycles. The highest BCUT2D eigenvalue weighted by atomic mass is 31.1. The second-order valence-corrected chi connectivity index (χ2v) is 10.6. The first kappa shape index (κ1) is 28.6. The Morgan fingerprint density at radius 2 is 1.14 bits per heavy atom. The van der Waals surface area contributed by atoms with Gasteiger partial charge in [0.15, 0.2) is 0 Å². The molecule has 172 valence electrons. The Labute approximate surface area is 183 Å². The third-order valence-electron chi connectivity index (χ3n) is 6.91. The SMILES string of the molecule is CCCCCCCCC=CCCCCCCCCC(CC)(P(=O)=O)[N+](C)(C)CC. The fourth-order valence-corrected chi connectivity index (χ4v) is 5.48. The number of rotatable bonds is 20. The summed E-state index contributed by atoms with van der Waals surface area (Å²) >= 11 is 0. The summed E-state index contributed by atoms with van der Waals surface area (Å²) in [4.78, 5) is 0. The van der Waals surface area contributed by atoms with Crippen molar-refractivity contribution in [1.29, 1.82) is 0 Å². The van der Waals surface area contributed by atoms with Gasteiger partial charge in [0, 0.05) is 12.8 Å². The molecule has 0 aliphatic rings. The van der Waals surface area contributed by atoms with Gasteiger partial charge in [-0.15, -0.1) is 0 Å². The molecule has 0 aromatic carbocycles. The topological polar surface area (TPSA) is 34.1 Å². The van der Waals surface area contributed by atoms with Crippen LogP contribution in [-0.2, 0) is 9.13 Å². The number of allylic oxidation sites excluding steroid dienone is 2. The Morgan fingerprint density at radius 1 is 0.690 bits per heavy atom.